The van der Waals surface area contributed by atoms with E-state index in [0.717, 1.165) is 28.2 Å². The number of fused-ring (bicyclic) bond motifs is 1. The first-order chi connectivity index (χ1) is 8.81. The summed E-state index contributed by atoms with van der Waals surface area (Å²) >= 11 is 2.28. The van der Waals surface area contributed by atoms with Crippen LogP contribution in [0.1, 0.15) is 0 Å². The van der Waals surface area contributed by atoms with Crippen LogP contribution in [0.25, 0.3) is 22.4 Å². The Morgan fingerprint density at radius 2 is 1.78 bits per heavy atom. The zero-order chi connectivity index (χ0) is 12.5. The summed E-state index contributed by atoms with van der Waals surface area (Å²) in [5, 5.41) is 0. The third-order valence-electron chi connectivity index (χ3n) is 3.04. The van der Waals surface area contributed by atoms with E-state index in [-0.39, 0.29) is 0 Å². The van der Waals surface area contributed by atoms with E-state index in [4.69, 9.17) is 3.79 Å². The summed E-state index contributed by atoms with van der Waals surface area (Å²) < 4.78 is 7.40. The number of benzene rings is 2. The van der Waals surface area contributed by atoms with E-state index in [2.05, 4.69) is 32.2 Å². The van der Waals surface area contributed by atoms with Gasteiger partial charge in [-0.1, -0.05) is 24.3 Å². The molecule has 0 aliphatic carbocycles. The molecule has 2 aromatic carbocycles. The van der Waals surface area contributed by atoms with Gasteiger partial charge in [-0.25, -0.2) is 4.98 Å². The van der Waals surface area contributed by atoms with Gasteiger partial charge < -0.3 is 8.36 Å². The third-order valence-corrected chi connectivity index (χ3v) is 3.30. The smallest absolute Gasteiger partial charge is 0.482 e. The van der Waals surface area contributed by atoms with Crippen molar-refractivity contribution in [1.82, 2.24) is 9.55 Å². The van der Waals surface area contributed by atoms with Crippen LogP contribution in [0.4, 0.5) is 0 Å². The van der Waals surface area contributed by atoms with Crippen LogP contribution >= 0.6 is 0 Å². The SMILES string of the molecule is Cn1c(-c2ccccc2[O][Al])nc2ccccc21. The second-order valence-corrected chi connectivity index (χ2v) is 4.33. The minimum absolute atomic E-state index is 0.806. The minimum atomic E-state index is 0.806. The van der Waals surface area contributed by atoms with Gasteiger partial charge in [0.15, 0.2) is 0 Å². The van der Waals surface area contributed by atoms with E-state index >= 15 is 0 Å². The summed E-state index contributed by atoms with van der Waals surface area (Å²) in [5.74, 6) is 1.72. The first-order valence-electron chi connectivity index (χ1n) is 5.69. The van der Waals surface area contributed by atoms with E-state index in [0.29, 0.717) is 0 Å². The van der Waals surface area contributed by atoms with Gasteiger partial charge in [0.2, 0.25) is 0 Å². The summed E-state index contributed by atoms with van der Waals surface area (Å²) in [6.07, 6.45) is 0. The highest BCUT2D eigenvalue weighted by Gasteiger charge is 2.12. The molecule has 0 spiro atoms. The molecule has 86 valence electrons. The van der Waals surface area contributed by atoms with Gasteiger partial charge in [0.25, 0.3) is 0 Å². The van der Waals surface area contributed by atoms with Crippen LogP contribution < -0.4 is 3.79 Å². The molecule has 3 aromatic rings. The molecule has 0 saturated heterocycles. The van der Waals surface area contributed by atoms with E-state index in [1.54, 1.807) is 0 Å². The monoisotopic (exact) mass is 250 g/mol. The molecule has 3 nitrogen and oxygen atoms in total. The summed E-state index contributed by atoms with van der Waals surface area (Å²) in [7, 11) is 2.02. The van der Waals surface area contributed by atoms with Gasteiger partial charge >= 0.3 is 16.6 Å². The Labute approximate surface area is 114 Å². The standard InChI is InChI=1S/C14H12N2O.Al/c1-16-12-8-4-3-7-11(12)15-14(16)10-6-2-5-9-13(10)17;/h2-9,17H,1H3;/q;+1/p-1. The Morgan fingerprint density at radius 1 is 1.06 bits per heavy atom. The predicted octanol–water partition coefficient (Wildman–Crippen LogP) is 2.70. The lowest BCUT2D eigenvalue weighted by atomic mass is 10.2. The van der Waals surface area contributed by atoms with Crippen LogP contribution in [0.2, 0.25) is 0 Å². The molecule has 2 radical (unpaired) electrons. The van der Waals surface area contributed by atoms with Crippen molar-refractivity contribution in [1.29, 1.82) is 0 Å². The van der Waals surface area contributed by atoms with Crippen molar-refractivity contribution >= 4 is 27.7 Å². The molecule has 18 heavy (non-hydrogen) atoms. The lowest BCUT2D eigenvalue weighted by Gasteiger charge is -2.09. The quantitative estimate of drug-likeness (QED) is 0.654. The molecular weight excluding hydrogens is 239 g/mol. The first-order valence-corrected chi connectivity index (χ1v) is 6.16. The van der Waals surface area contributed by atoms with Crippen LogP contribution in [0.3, 0.4) is 0 Å². The number of rotatable bonds is 2. The van der Waals surface area contributed by atoms with Gasteiger partial charge in [0, 0.05) is 7.05 Å². The van der Waals surface area contributed by atoms with Gasteiger partial charge in [0.05, 0.1) is 22.3 Å². The molecule has 1 aromatic heterocycles. The Kier molecular flexibility index (Phi) is 2.83. The molecule has 0 fully saturated rings. The largest absolute Gasteiger partial charge is 0.653 e. The number of aryl methyl sites for hydroxylation is 1. The molecule has 0 atom stereocenters. The van der Waals surface area contributed by atoms with Gasteiger partial charge in [-0.3, -0.25) is 0 Å². The Morgan fingerprint density at radius 3 is 2.56 bits per heavy atom. The zero-order valence-electron chi connectivity index (χ0n) is 10.00. The zero-order valence-corrected chi connectivity index (χ0v) is 11.2. The number of hydrogen-bond donors (Lipinski definition) is 0. The number of nitrogens with zero attached hydrogens (tertiary/aromatic N) is 2. The van der Waals surface area contributed by atoms with E-state index < -0.39 is 0 Å². The summed E-state index contributed by atoms with van der Waals surface area (Å²) in [5.41, 5.74) is 3.10. The summed E-state index contributed by atoms with van der Waals surface area (Å²) in [6.45, 7) is 0. The highest BCUT2D eigenvalue weighted by atomic mass is 27.1. The molecule has 0 bridgehead atoms. The summed E-state index contributed by atoms with van der Waals surface area (Å²) in [6, 6.07) is 16.0. The molecule has 0 unspecified atom stereocenters. The van der Waals surface area contributed by atoms with Crippen molar-refractivity contribution in [2.45, 2.75) is 0 Å². The fraction of sp³-hybridized carbons (Fsp3) is 0.0714. The number of para-hydroxylation sites is 3. The fourth-order valence-corrected chi connectivity index (χ4v) is 2.35. The number of aromatic nitrogens is 2. The van der Waals surface area contributed by atoms with Crippen LogP contribution in [-0.4, -0.2) is 26.2 Å². The van der Waals surface area contributed by atoms with Crippen LogP contribution in [0, 0.1) is 0 Å². The highest BCUT2D eigenvalue weighted by Crippen LogP contribution is 2.30. The minimum Gasteiger partial charge on any atom is -0.653 e. The number of imidazole rings is 1. The summed E-state index contributed by atoms with van der Waals surface area (Å²) in [4.78, 5) is 4.66. The van der Waals surface area contributed by atoms with E-state index in [1.807, 2.05) is 49.5 Å². The van der Waals surface area contributed by atoms with E-state index in [1.165, 1.54) is 0 Å². The van der Waals surface area contributed by atoms with Crippen molar-refractivity contribution in [3.8, 4) is 17.1 Å². The maximum Gasteiger partial charge on any atom is 0.482 e. The van der Waals surface area contributed by atoms with E-state index in [9.17, 15) is 0 Å². The van der Waals surface area contributed by atoms with Crippen molar-refractivity contribution in [3.05, 3.63) is 48.5 Å². The maximum atomic E-state index is 5.31. The molecule has 1 heterocycles. The Bertz CT molecular complexity index is 706. The average molecular weight is 250 g/mol. The Hall–Kier alpha value is -1.76. The van der Waals surface area contributed by atoms with Crippen molar-refractivity contribution in [2.24, 2.45) is 7.05 Å². The normalized spacial score (nSPS) is 10.7. The molecule has 0 aliphatic rings. The molecular formula is C14H11AlN2O. The topological polar surface area (TPSA) is 27.1 Å². The maximum absolute atomic E-state index is 5.31. The highest BCUT2D eigenvalue weighted by molar-refractivity contribution is 6.00. The molecule has 4 heteroatoms. The lowest BCUT2D eigenvalue weighted by Crippen LogP contribution is -1.95. The fourth-order valence-electron chi connectivity index (χ4n) is 2.14. The Balaban J connectivity index is 2.28. The molecule has 0 amide bonds. The molecule has 3 rings (SSSR count). The molecule has 0 saturated carbocycles. The second kappa shape index (κ2) is 4.49. The van der Waals surface area contributed by atoms with Crippen LogP contribution in [0.5, 0.6) is 5.75 Å². The van der Waals surface area contributed by atoms with Gasteiger partial charge in [0.1, 0.15) is 5.82 Å². The van der Waals surface area contributed by atoms with Gasteiger partial charge in [-0.15, -0.1) is 0 Å². The van der Waals surface area contributed by atoms with Gasteiger partial charge in [-0.05, 0) is 24.3 Å². The van der Waals surface area contributed by atoms with Crippen molar-refractivity contribution in [3.63, 3.8) is 0 Å². The first kappa shape index (κ1) is 11.3. The number of hydrogen-bond acceptors (Lipinski definition) is 2. The molecule has 0 aliphatic heterocycles. The molecule has 0 N–H and O–H groups in total. The van der Waals surface area contributed by atoms with Crippen molar-refractivity contribution in [2.75, 3.05) is 0 Å². The van der Waals surface area contributed by atoms with Crippen LogP contribution in [-0.2, 0) is 7.05 Å². The average Bonchev–Trinajstić information content (AvgIpc) is 2.76. The predicted molar refractivity (Wildman–Crippen MR) is 72.5 cm³/mol. The van der Waals surface area contributed by atoms with Gasteiger partial charge in [-0.2, -0.15) is 0 Å². The second-order valence-electron chi connectivity index (χ2n) is 4.10. The van der Waals surface area contributed by atoms with Crippen LogP contribution in [0.15, 0.2) is 48.5 Å². The van der Waals surface area contributed by atoms with Crippen molar-refractivity contribution < 1.29 is 3.79 Å². The lowest BCUT2D eigenvalue weighted by molar-refractivity contribution is 0.617. The third kappa shape index (κ3) is 1.71.